The zero-order chi connectivity index (χ0) is 68.5. The van der Waals surface area contributed by atoms with Crippen molar-refractivity contribution >= 4 is 64.6 Å². The maximum absolute atomic E-state index is 15.3. The van der Waals surface area contributed by atoms with E-state index in [1.54, 1.807) is 62.3 Å². The lowest BCUT2D eigenvalue weighted by atomic mass is 9.83. The Hall–Kier alpha value is -5.35. The smallest absolute Gasteiger partial charge is 0.246 e. The van der Waals surface area contributed by atoms with Gasteiger partial charge in [-0.25, -0.2) is 0 Å². The van der Waals surface area contributed by atoms with Crippen LogP contribution in [-0.2, 0) is 52.7 Å². The highest BCUT2D eigenvalue weighted by atomic mass is 16.3. The summed E-state index contributed by atoms with van der Waals surface area (Å²) in [6.45, 7) is 28.8. The first-order valence-corrected chi connectivity index (χ1v) is 32.1. The van der Waals surface area contributed by atoms with E-state index in [4.69, 9.17) is 0 Å². The predicted molar refractivity (Wildman–Crippen MR) is 340 cm³/mol. The number of carbonyl (C=O) groups excluding carboxylic acids is 11. The summed E-state index contributed by atoms with van der Waals surface area (Å²) in [6, 6.07) is -8.32. The molecule has 4 N–H and O–H groups in total. The Bertz CT molecular complexity index is 2370. The summed E-state index contributed by atoms with van der Waals surface area (Å²) in [4.78, 5) is 170. The van der Waals surface area contributed by atoms with Gasteiger partial charge < -0.3 is 54.9 Å². The molecule has 0 spiro atoms. The highest BCUT2D eigenvalue weighted by Gasteiger charge is 2.46. The van der Waals surface area contributed by atoms with Crippen LogP contribution in [0.5, 0.6) is 0 Å². The molecule has 1 rings (SSSR count). The van der Waals surface area contributed by atoms with Crippen molar-refractivity contribution in [2.75, 3.05) is 62.5 Å². The fraction of sp³-hybridized carbons (Fsp3) is 0.833. The number of amides is 8. The topological polar surface area (TPSA) is 283 Å². The largest absolute Gasteiger partial charge is 0.396 e. The summed E-state index contributed by atoms with van der Waals surface area (Å²) >= 11 is 0. The van der Waals surface area contributed by atoms with Gasteiger partial charge in [0.05, 0.1) is 30.3 Å². The SMILES string of the molecule is CC[C@@H]1NC(=O)[C@H]([C@H](C)[C@H](C)CC(O)CCO)N(C)C(=O)[C@H](C(C)C)N(C)C(=O)[C@H](CC(C)C)N(C)C(=O)[C@H](CC(C)C)N(C)C(=O)[C@@H](C)CC(=O)[C@H](C)CC(=O)[C@H](CC(C)C)N(C)C(=O)[C@H](C(C)C)CC(=O)[C@H](CC(C)(C)O)N(C)C(=O)CN(C)C1=O. The van der Waals surface area contributed by atoms with E-state index >= 15 is 19.2 Å². The summed E-state index contributed by atoms with van der Waals surface area (Å²) in [7, 11) is 10.1. The van der Waals surface area contributed by atoms with Crippen molar-refractivity contribution < 1.29 is 68.1 Å². The molecule has 0 aromatic rings. The van der Waals surface area contributed by atoms with E-state index in [-0.39, 0.29) is 94.4 Å². The molecule has 1 unspecified atom stereocenters. The van der Waals surface area contributed by atoms with Crippen molar-refractivity contribution in [1.29, 1.82) is 0 Å². The van der Waals surface area contributed by atoms with E-state index in [1.807, 2.05) is 41.5 Å². The van der Waals surface area contributed by atoms with Crippen LogP contribution in [0.3, 0.4) is 0 Å². The number of ketones is 3. The predicted octanol–water partition coefficient (Wildman–Crippen LogP) is 5.10. The second-order valence-electron chi connectivity index (χ2n) is 28.4. The summed E-state index contributed by atoms with van der Waals surface area (Å²) in [5.41, 5.74) is -1.50. The molecule has 1 heterocycles. The average Bonchev–Trinajstić information content (AvgIpc) is 1.67. The van der Waals surface area contributed by atoms with Gasteiger partial charge in [0, 0.05) is 99.4 Å². The molecule has 1 fully saturated rings. The second kappa shape index (κ2) is 35.9. The fourth-order valence-corrected chi connectivity index (χ4v) is 12.1. The van der Waals surface area contributed by atoms with Gasteiger partial charge in [-0.1, -0.05) is 104 Å². The second-order valence-corrected chi connectivity index (χ2v) is 28.4. The number of hydrogen-bond donors (Lipinski definition) is 4. The summed E-state index contributed by atoms with van der Waals surface area (Å²) in [6.07, 6.45) is -1.32. The van der Waals surface area contributed by atoms with E-state index in [9.17, 15) is 48.9 Å². The van der Waals surface area contributed by atoms with Gasteiger partial charge in [-0.3, -0.25) is 52.7 Å². The Morgan fingerprint density at radius 1 is 0.523 bits per heavy atom. The zero-order valence-electron chi connectivity index (χ0n) is 58.3. The Kier molecular flexibility index (Phi) is 32.9. The highest BCUT2D eigenvalue weighted by Crippen LogP contribution is 2.31. The first kappa shape index (κ1) is 80.7. The van der Waals surface area contributed by atoms with Crippen molar-refractivity contribution in [3.63, 3.8) is 0 Å². The Labute approximate surface area is 527 Å². The molecular formula is C66H118N8O14. The molecule has 22 nitrogen and oxygen atoms in total. The average molecular weight is 1250 g/mol. The van der Waals surface area contributed by atoms with Gasteiger partial charge in [-0.2, -0.15) is 0 Å². The molecule has 13 atom stereocenters. The number of carbonyl (C=O) groups is 11. The van der Waals surface area contributed by atoms with Crippen molar-refractivity contribution in [2.24, 2.45) is 59.2 Å². The number of nitrogens with one attached hydrogen (secondary N) is 1. The van der Waals surface area contributed by atoms with Crippen molar-refractivity contribution in [3.8, 4) is 0 Å². The molecule has 1 saturated heterocycles. The van der Waals surface area contributed by atoms with Crippen LogP contribution in [0.1, 0.15) is 182 Å². The van der Waals surface area contributed by atoms with E-state index < -0.39 is 161 Å². The van der Waals surface area contributed by atoms with Gasteiger partial charge in [-0.15, -0.1) is 0 Å². The van der Waals surface area contributed by atoms with Crippen LogP contribution in [0.4, 0.5) is 0 Å². The number of Topliss-reactive ketones (excluding diaryl/α,β-unsaturated/α-hetero) is 3. The quantitative estimate of drug-likeness (QED) is 0.148. The molecule has 0 aromatic carbocycles. The van der Waals surface area contributed by atoms with Crippen LogP contribution in [-0.4, -0.2) is 231 Å². The van der Waals surface area contributed by atoms with Crippen molar-refractivity contribution in [3.05, 3.63) is 0 Å². The molecule has 0 aliphatic carbocycles. The molecule has 0 bridgehead atoms. The lowest BCUT2D eigenvalue weighted by Crippen LogP contribution is -2.62. The summed E-state index contributed by atoms with van der Waals surface area (Å²) in [5.74, 6) is -11.6. The maximum atomic E-state index is 15.3. The minimum absolute atomic E-state index is 0.0263. The van der Waals surface area contributed by atoms with Gasteiger partial charge in [0.2, 0.25) is 47.3 Å². The van der Waals surface area contributed by atoms with Crippen molar-refractivity contribution in [1.82, 2.24) is 39.6 Å². The summed E-state index contributed by atoms with van der Waals surface area (Å²) < 4.78 is 0. The number of aliphatic hydroxyl groups excluding tert-OH is 2. The van der Waals surface area contributed by atoms with Crippen LogP contribution in [0.15, 0.2) is 0 Å². The Balaban J connectivity index is 4.38. The molecule has 0 radical (unpaired) electrons. The normalized spacial score (nSPS) is 27.1. The van der Waals surface area contributed by atoms with Crippen molar-refractivity contribution in [2.45, 2.75) is 236 Å². The van der Waals surface area contributed by atoms with Gasteiger partial charge >= 0.3 is 0 Å². The van der Waals surface area contributed by atoms with Gasteiger partial charge in [0.25, 0.3) is 0 Å². The number of likely N-dealkylation sites (N-methyl/N-ethyl adjacent to an activating group) is 7. The summed E-state index contributed by atoms with van der Waals surface area (Å²) in [5, 5.41) is 34.5. The van der Waals surface area contributed by atoms with E-state index in [0.29, 0.717) is 0 Å². The van der Waals surface area contributed by atoms with Crippen LogP contribution in [0, 0.1) is 59.2 Å². The van der Waals surface area contributed by atoms with Gasteiger partial charge in [0.1, 0.15) is 36.0 Å². The Morgan fingerprint density at radius 2 is 0.966 bits per heavy atom. The lowest BCUT2D eigenvalue weighted by Gasteiger charge is -2.42. The van der Waals surface area contributed by atoms with Crippen LogP contribution in [0.2, 0.25) is 0 Å². The Morgan fingerprint density at radius 3 is 1.42 bits per heavy atom. The standard InChI is InChI=1S/C66H118N8O14/c1-25-48-62(84)68(18)36-56(80)69(19)52(35-66(16,17)88)55(79)34-47(40(8)9)61(83)70(20)49(28-37(2)3)54(78)32-43(13)53(77)33-44(14)60(82)71(21)50(29-38(4)5)63(85)72(22)51(30-39(6)7)64(86)73(23)57(41(10)11)65(87)74(24)58(59(81)67-48)45(15)42(12)31-46(76)26-27-75/h37-52,57-58,75-76,88H,25-36H2,1-24H3,(H,67,81)/t42-,43-,44+,45-,46?,47+,48+,49+,50+,51+,52+,57+,58+/m1/s1. The van der Waals surface area contributed by atoms with Crippen LogP contribution < -0.4 is 5.32 Å². The third-order valence-electron chi connectivity index (χ3n) is 17.9. The molecule has 506 valence electrons. The monoisotopic (exact) mass is 1250 g/mol. The third kappa shape index (κ3) is 23.2. The molecule has 1 aliphatic rings. The number of aliphatic hydroxyl groups is 3. The molecule has 0 aromatic heterocycles. The first-order chi connectivity index (χ1) is 40.4. The molecular weight excluding hydrogens is 1130 g/mol. The lowest BCUT2D eigenvalue weighted by molar-refractivity contribution is -0.156. The molecule has 0 saturated carbocycles. The van der Waals surface area contributed by atoms with Gasteiger partial charge in [0.15, 0.2) is 11.6 Å². The zero-order valence-corrected chi connectivity index (χ0v) is 58.3. The maximum Gasteiger partial charge on any atom is 0.246 e. The van der Waals surface area contributed by atoms with E-state index in [2.05, 4.69) is 5.32 Å². The minimum Gasteiger partial charge on any atom is -0.396 e. The van der Waals surface area contributed by atoms with E-state index in [1.165, 1.54) is 87.7 Å². The fourth-order valence-electron chi connectivity index (χ4n) is 12.1. The molecule has 22 heteroatoms. The number of rotatable bonds is 17. The molecule has 1 aliphatic heterocycles. The minimum atomic E-state index is -1.50. The third-order valence-corrected chi connectivity index (χ3v) is 17.9. The molecule has 8 amide bonds. The highest BCUT2D eigenvalue weighted by molar-refractivity contribution is 5.99. The number of nitrogens with zero attached hydrogens (tertiary/aromatic N) is 7. The van der Waals surface area contributed by atoms with E-state index in [0.717, 1.165) is 9.80 Å². The number of hydrogen-bond acceptors (Lipinski definition) is 14. The van der Waals surface area contributed by atoms with Crippen LogP contribution in [0.25, 0.3) is 0 Å². The van der Waals surface area contributed by atoms with Gasteiger partial charge in [-0.05, 0) is 93.8 Å². The molecule has 88 heavy (non-hydrogen) atoms. The van der Waals surface area contributed by atoms with Crippen LogP contribution >= 0.6 is 0 Å². The first-order valence-electron chi connectivity index (χ1n) is 32.1.